The van der Waals surface area contributed by atoms with Crippen molar-refractivity contribution in [3.63, 3.8) is 0 Å². The summed E-state index contributed by atoms with van der Waals surface area (Å²) in [6.45, 7) is 5.35. The van der Waals surface area contributed by atoms with Crippen LogP contribution in [0.2, 0.25) is 0 Å². The van der Waals surface area contributed by atoms with Crippen LogP contribution in [-0.2, 0) is 4.79 Å². The van der Waals surface area contributed by atoms with Gasteiger partial charge in [0.1, 0.15) is 5.75 Å². The Morgan fingerprint density at radius 2 is 2.06 bits per heavy atom. The number of carbonyl (C=O) groups excluding carboxylic acids is 1. The summed E-state index contributed by atoms with van der Waals surface area (Å²) in [5.41, 5.74) is 6.27. The van der Waals surface area contributed by atoms with Crippen molar-refractivity contribution in [2.24, 2.45) is 5.92 Å². The number of nitrogen functional groups attached to an aromatic ring is 1. The third-order valence-electron chi connectivity index (χ3n) is 2.82. The van der Waals surface area contributed by atoms with Gasteiger partial charge in [0.05, 0.1) is 13.0 Å². The van der Waals surface area contributed by atoms with E-state index in [0.717, 1.165) is 18.7 Å². The number of nitrogens with two attached hydrogens (primary N) is 1. The minimum Gasteiger partial charge on any atom is -0.493 e. The van der Waals surface area contributed by atoms with Gasteiger partial charge in [0, 0.05) is 12.2 Å². The van der Waals surface area contributed by atoms with E-state index in [1.807, 2.05) is 0 Å². The lowest BCUT2D eigenvalue weighted by Crippen LogP contribution is -2.29. The van der Waals surface area contributed by atoms with Crippen LogP contribution in [-0.4, -0.2) is 19.1 Å². The highest BCUT2D eigenvalue weighted by Gasteiger charge is 2.04. The number of rotatable bonds is 7. The van der Waals surface area contributed by atoms with Crippen molar-refractivity contribution in [3.8, 4) is 5.75 Å². The van der Waals surface area contributed by atoms with E-state index in [4.69, 9.17) is 10.5 Å². The van der Waals surface area contributed by atoms with Crippen LogP contribution in [0.5, 0.6) is 5.75 Å². The van der Waals surface area contributed by atoms with Gasteiger partial charge in [-0.05, 0) is 30.2 Å². The summed E-state index contributed by atoms with van der Waals surface area (Å²) < 4.78 is 5.45. The maximum Gasteiger partial charge on any atom is 0.223 e. The van der Waals surface area contributed by atoms with E-state index in [9.17, 15) is 4.79 Å². The van der Waals surface area contributed by atoms with Crippen LogP contribution in [0, 0.1) is 5.92 Å². The van der Waals surface area contributed by atoms with E-state index in [2.05, 4.69) is 19.2 Å². The molecule has 1 aromatic carbocycles. The lowest BCUT2D eigenvalue weighted by atomic mass is 10.1. The first kappa shape index (κ1) is 14.4. The van der Waals surface area contributed by atoms with Crippen LogP contribution in [0.25, 0.3) is 0 Å². The second-order valence-electron chi connectivity index (χ2n) is 4.48. The number of nitrogens with one attached hydrogen (secondary N) is 1. The number of hydrogen-bond acceptors (Lipinski definition) is 3. The van der Waals surface area contributed by atoms with Gasteiger partial charge in [0.2, 0.25) is 5.91 Å². The molecule has 18 heavy (non-hydrogen) atoms. The van der Waals surface area contributed by atoms with E-state index in [0.29, 0.717) is 24.6 Å². The summed E-state index contributed by atoms with van der Waals surface area (Å²) in [4.78, 5) is 11.5. The topological polar surface area (TPSA) is 64.3 Å². The fourth-order valence-corrected chi connectivity index (χ4v) is 1.35. The molecule has 0 aliphatic heterocycles. The van der Waals surface area contributed by atoms with E-state index in [-0.39, 0.29) is 5.91 Å². The molecule has 0 aliphatic rings. The predicted octanol–water partition coefficient (Wildman–Crippen LogP) is 2.20. The Kier molecular flexibility index (Phi) is 6.05. The molecule has 0 saturated carbocycles. The fourth-order valence-electron chi connectivity index (χ4n) is 1.35. The van der Waals surface area contributed by atoms with Gasteiger partial charge in [-0.25, -0.2) is 0 Å². The third-order valence-corrected chi connectivity index (χ3v) is 2.82. The molecule has 0 spiro atoms. The molecule has 0 bridgehead atoms. The van der Waals surface area contributed by atoms with Crippen LogP contribution in [0.1, 0.15) is 26.7 Å². The summed E-state index contributed by atoms with van der Waals surface area (Å²) in [5.74, 6) is 1.29. The van der Waals surface area contributed by atoms with Crippen LogP contribution in [0.4, 0.5) is 5.69 Å². The molecule has 100 valence electrons. The van der Waals surface area contributed by atoms with Crippen LogP contribution < -0.4 is 15.8 Å². The molecule has 4 heteroatoms. The number of amides is 1. The average molecular weight is 250 g/mol. The van der Waals surface area contributed by atoms with Crippen LogP contribution in [0.15, 0.2) is 24.3 Å². The Morgan fingerprint density at radius 1 is 1.39 bits per heavy atom. The number of hydrogen-bond donors (Lipinski definition) is 2. The van der Waals surface area contributed by atoms with Gasteiger partial charge in [0.25, 0.3) is 0 Å². The number of ether oxygens (including phenoxy) is 1. The highest BCUT2D eigenvalue weighted by Crippen LogP contribution is 2.13. The zero-order chi connectivity index (χ0) is 13.4. The first-order chi connectivity index (χ1) is 8.61. The normalized spacial score (nSPS) is 11.9. The highest BCUT2D eigenvalue weighted by atomic mass is 16.5. The Bertz CT molecular complexity index is 363. The molecule has 1 atom stereocenters. The van der Waals surface area contributed by atoms with E-state index in [1.54, 1.807) is 24.3 Å². The monoisotopic (exact) mass is 250 g/mol. The standard InChI is InChI=1S/C14H22N2O2/c1-3-11(2)10-16-14(17)8-9-18-13-6-4-12(15)5-7-13/h4-7,11H,3,8-10,15H2,1-2H3,(H,16,17). The molecule has 0 aliphatic carbocycles. The van der Waals surface area contributed by atoms with Crippen molar-refractivity contribution < 1.29 is 9.53 Å². The highest BCUT2D eigenvalue weighted by molar-refractivity contribution is 5.75. The molecule has 3 N–H and O–H groups in total. The van der Waals surface area contributed by atoms with Crippen molar-refractivity contribution in [2.45, 2.75) is 26.7 Å². The van der Waals surface area contributed by atoms with Crippen molar-refractivity contribution >= 4 is 11.6 Å². The van der Waals surface area contributed by atoms with Crippen LogP contribution in [0.3, 0.4) is 0 Å². The van der Waals surface area contributed by atoms with E-state index < -0.39 is 0 Å². The van der Waals surface area contributed by atoms with Gasteiger partial charge in [-0.3, -0.25) is 4.79 Å². The maximum atomic E-state index is 11.5. The molecule has 4 nitrogen and oxygen atoms in total. The van der Waals surface area contributed by atoms with Gasteiger partial charge in [-0.15, -0.1) is 0 Å². The zero-order valence-corrected chi connectivity index (χ0v) is 11.1. The summed E-state index contributed by atoms with van der Waals surface area (Å²) in [6.07, 6.45) is 1.45. The Morgan fingerprint density at radius 3 is 2.67 bits per heavy atom. The molecule has 1 unspecified atom stereocenters. The second-order valence-corrected chi connectivity index (χ2v) is 4.48. The summed E-state index contributed by atoms with van der Waals surface area (Å²) >= 11 is 0. The molecule has 0 aromatic heterocycles. The molecule has 0 heterocycles. The smallest absolute Gasteiger partial charge is 0.223 e. The van der Waals surface area contributed by atoms with Crippen LogP contribution >= 0.6 is 0 Å². The number of anilines is 1. The SMILES string of the molecule is CCC(C)CNC(=O)CCOc1ccc(N)cc1. The van der Waals surface area contributed by atoms with E-state index in [1.165, 1.54) is 0 Å². The maximum absolute atomic E-state index is 11.5. The van der Waals surface area contributed by atoms with Crippen molar-refractivity contribution in [1.29, 1.82) is 0 Å². The summed E-state index contributed by atoms with van der Waals surface area (Å²) in [5, 5.41) is 2.89. The number of benzene rings is 1. The third kappa shape index (κ3) is 5.57. The van der Waals surface area contributed by atoms with Gasteiger partial charge in [0.15, 0.2) is 0 Å². The average Bonchev–Trinajstić information content (AvgIpc) is 2.38. The molecule has 0 radical (unpaired) electrons. The Balaban J connectivity index is 2.17. The predicted molar refractivity (Wildman–Crippen MR) is 73.4 cm³/mol. The number of carbonyl (C=O) groups is 1. The van der Waals surface area contributed by atoms with Crippen molar-refractivity contribution in [2.75, 3.05) is 18.9 Å². The van der Waals surface area contributed by atoms with Gasteiger partial charge >= 0.3 is 0 Å². The van der Waals surface area contributed by atoms with E-state index >= 15 is 0 Å². The quantitative estimate of drug-likeness (QED) is 0.729. The second kappa shape index (κ2) is 7.58. The molecular formula is C14H22N2O2. The zero-order valence-electron chi connectivity index (χ0n) is 11.1. The Labute approximate surface area is 109 Å². The summed E-state index contributed by atoms with van der Waals surface area (Å²) in [6, 6.07) is 7.15. The van der Waals surface area contributed by atoms with Crippen molar-refractivity contribution in [3.05, 3.63) is 24.3 Å². The largest absolute Gasteiger partial charge is 0.493 e. The molecule has 1 rings (SSSR count). The molecule has 1 amide bonds. The minimum atomic E-state index is 0.0331. The molecule has 0 fully saturated rings. The van der Waals surface area contributed by atoms with Gasteiger partial charge in [-0.2, -0.15) is 0 Å². The lowest BCUT2D eigenvalue weighted by molar-refractivity contribution is -0.121. The fraction of sp³-hybridized carbons (Fsp3) is 0.500. The summed E-state index contributed by atoms with van der Waals surface area (Å²) in [7, 11) is 0. The molecule has 0 saturated heterocycles. The first-order valence-electron chi connectivity index (χ1n) is 6.37. The van der Waals surface area contributed by atoms with Crippen molar-refractivity contribution in [1.82, 2.24) is 5.32 Å². The first-order valence-corrected chi connectivity index (χ1v) is 6.37. The minimum absolute atomic E-state index is 0.0331. The molecule has 1 aromatic rings. The van der Waals surface area contributed by atoms with Gasteiger partial charge in [-0.1, -0.05) is 20.3 Å². The van der Waals surface area contributed by atoms with Gasteiger partial charge < -0.3 is 15.8 Å². The Hall–Kier alpha value is -1.71. The molecular weight excluding hydrogens is 228 g/mol. The lowest BCUT2D eigenvalue weighted by Gasteiger charge is -2.10.